The smallest absolute Gasteiger partial charge is 0.246 e. The summed E-state index contributed by atoms with van der Waals surface area (Å²) < 4.78 is 10.8. The van der Waals surface area contributed by atoms with E-state index in [4.69, 9.17) is 20.8 Å². The zero-order valence-electron chi connectivity index (χ0n) is 15.0. The molecular weight excluding hydrogens is 354 g/mol. The SMILES string of the molecule is COc1cc(Cl)c(C)cc1NC(=O)C(C)Nc1ccc2oc(C)nc2c1. The summed E-state index contributed by atoms with van der Waals surface area (Å²) in [6.45, 7) is 5.45. The van der Waals surface area contributed by atoms with Crippen LogP contribution in [0.2, 0.25) is 5.02 Å². The summed E-state index contributed by atoms with van der Waals surface area (Å²) in [5.41, 5.74) is 3.68. The summed E-state index contributed by atoms with van der Waals surface area (Å²) in [7, 11) is 1.54. The molecule has 136 valence electrons. The molecule has 0 saturated carbocycles. The van der Waals surface area contributed by atoms with Crippen molar-refractivity contribution in [2.24, 2.45) is 0 Å². The Labute approximate surface area is 156 Å². The lowest BCUT2D eigenvalue weighted by Gasteiger charge is -2.17. The predicted molar refractivity (Wildman–Crippen MR) is 103 cm³/mol. The van der Waals surface area contributed by atoms with Crippen molar-refractivity contribution < 1.29 is 13.9 Å². The second kappa shape index (κ2) is 7.25. The Bertz CT molecular complexity index is 968. The summed E-state index contributed by atoms with van der Waals surface area (Å²) in [6, 6.07) is 8.53. The number of hydrogen-bond acceptors (Lipinski definition) is 5. The number of aryl methyl sites for hydroxylation is 2. The van der Waals surface area contributed by atoms with Crippen LogP contribution in [-0.4, -0.2) is 24.0 Å². The number of benzene rings is 2. The van der Waals surface area contributed by atoms with Crippen LogP contribution in [0, 0.1) is 13.8 Å². The number of aromatic nitrogens is 1. The van der Waals surface area contributed by atoms with Gasteiger partial charge in [0.2, 0.25) is 5.91 Å². The molecule has 0 aliphatic heterocycles. The second-order valence-electron chi connectivity index (χ2n) is 6.07. The van der Waals surface area contributed by atoms with Crippen LogP contribution in [0.25, 0.3) is 11.1 Å². The van der Waals surface area contributed by atoms with E-state index in [-0.39, 0.29) is 5.91 Å². The van der Waals surface area contributed by atoms with Gasteiger partial charge >= 0.3 is 0 Å². The van der Waals surface area contributed by atoms with Crippen molar-refractivity contribution in [2.45, 2.75) is 26.8 Å². The first-order valence-electron chi connectivity index (χ1n) is 8.16. The quantitative estimate of drug-likeness (QED) is 0.686. The van der Waals surface area contributed by atoms with Crippen LogP contribution in [0.15, 0.2) is 34.7 Å². The number of methoxy groups -OCH3 is 1. The Morgan fingerprint density at radius 2 is 2.04 bits per heavy atom. The number of fused-ring (bicyclic) bond motifs is 1. The van der Waals surface area contributed by atoms with E-state index in [0.29, 0.717) is 27.9 Å². The predicted octanol–water partition coefficient (Wildman–Crippen LogP) is 4.55. The van der Waals surface area contributed by atoms with E-state index < -0.39 is 6.04 Å². The normalized spacial score (nSPS) is 12.0. The van der Waals surface area contributed by atoms with Crippen molar-refractivity contribution in [2.75, 3.05) is 17.7 Å². The average Bonchev–Trinajstić information content (AvgIpc) is 2.97. The van der Waals surface area contributed by atoms with Gasteiger partial charge in [0.1, 0.15) is 17.3 Å². The first kappa shape index (κ1) is 18.1. The van der Waals surface area contributed by atoms with Gasteiger partial charge in [0.05, 0.1) is 12.8 Å². The third-order valence-electron chi connectivity index (χ3n) is 4.01. The summed E-state index contributed by atoms with van der Waals surface area (Å²) >= 11 is 6.10. The van der Waals surface area contributed by atoms with E-state index >= 15 is 0 Å². The van der Waals surface area contributed by atoms with Gasteiger partial charge in [-0.2, -0.15) is 0 Å². The van der Waals surface area contributed by atoms with Gasteiger partial charge in [0.15, 0.2) is 11.5 Å². The molecule has 1 unspecified atom stereocenters. The number of nitrogens with zero attached hydrogens (tertiary/aromatic N) is 1. The molecule has 0 fully saturated rings. The number of ether oxygens (including phenoxy) is 1. The summed E-state index contributed by atoms with van der Waals surface area (Å²) in [5, 5.41) is 6.62. The Morgan fingerprint density at radius 3 is 2.77 bits per heavy atom. The zero-order valence-corrected chi connectivity index (χ0v) is 15.8. The van der Waals surface area contributed by atoms with Crippen LogP contribution < -0.4 is 15.4 Å². The first-order chi connectivity index (χ1) is 12.4. The minimum Gasteiger partial charge on any atom is -0.495 e. The van der Waals surface area contributed by atoms with Gasteiger partial charge < -0.3 is 19.8 Å². The fourth-order valence-electron chi connectivity index (χ4n) is 2.62. The summed E-state index contributed by atoms with van der Waals surface area (Å²) in [6.07, 6.45) is 0. The molecule has 2 N–H and O–H groups in total. The fourth-order valence-corrected chi connectivity index (χ4v) is 2.77. The molecule has 0 saturated heterocycles. The number of anilines is 2. The Morgan fingerprint density at radius 1 is 1.27 bits per heavy atom. The van der Waals surface area contributed by atoms with Crippen LogP contribution in [0.5, 0.6) is 5.75 Å². The zero-order chi connectivity index (χ0) is 18.8. The lowest BCUT2D eigenvalue weighted by atomic mass is 10.2. The van der Waals surface area contributed by atoms with Gasteiger partial charge in [-0.25, -0.2) is 4.98 Å². The third-order valence-corrected chi connectivity index (χ3v) is 4.42. The van der Waals surface area contributed by atoms with Gasteiger partial charge in [-0.15, -0.1) is 0 Å². The van der Waals surface area contributed by atoms with Crippen LogP contribution >= 0.6 is 11.6 Å². The van der Waals surface area contributed by atoms with Gasteiger partial charge in [-0.1, -0.05) is 11.6 Å². The standard InChI is InChI=1S/C19H20ClN3O3/c1-10-7-15(18(25-4)9-14(10)20)23-19(24)11(2)21-13-5-6-17-16(8-13)22-12(3)26-17/h5-9,11,21H,1-4H3,(H,23,24). The Hall–Kier alpha value is -2.73. The molecule has 1 heterocycles. The van der Waals surface area contributed by atoms with E-state index in [1.54, 1.807) is 26.0 Å². The van der Waals surface area contributed by atoms with E-state index in [9.17, 15) is 4.79 Å². The molecule has 1 aromatic heterocycles. The van der Waals surface area contributed by atoms with Crippen molar-refractivity contribution >= 4 is 40.0 Å². The van der Waals surface area contributed by atoms with Crippen LogP contribution in [0.3, 0.4) is 0 Å². The van der Waals surface area contributed by atoms with Gasteiger partial charge in [0.25, 0.3) is 0 Å². The molecule has 0 aliphatic carbocycles. The number of hydrogen-bond donors (Lipinski definition) is 2. The number of carbonyl (C=O) groups is 1. The third kappa shape index (κ3) is 3.75. The molecule has 0 aliphatic rings. The molecule has 3 rings (SSSR count). The molecule has 6 nitrogen and oxygen atoms in total. The highest BCUT2D eigenvalue weighted by atomic mass is 35.5. The average molecular weight is 374 g/mol. The molecule has 0 bridgehead atoms. The molecule has 0 radical (unpaired) electrons. The number of amides is 1. The highest BCUT2D eigenvalue weighted by molar-refractivity contribution is 6.31. The van der Waals surface area contributed by atoms with Gasteiger partial charge in [-0.05, 0) is 43.7 Å². The monoisotopic (exact) mass is 373 g/mol. The number of oxazole rings is 1. The second-order valence-corrected chi connectivity index (χ2v) is 6.48. The Balaban J connectivity index is 1.74. The molecule has 1 atom stereocenters. The number of carbonyl (C=O) groups excluding carboxylic acids is 1. The van der Waals surface area contributed by atoms with Crippen molar-refractivity contribution in [1.82, 2.24) is 4.98 Å². The molecule has 3 aromatic rings. The maximum Gasteiger partial charge on any atom is 0.246 e. The maximum absolute atomic E-state index is 12.6. The van der Waals surface area contributed by atoms with Crippen molar-refractivity contribution in [1.29, 1.82) is 0 Å². The minimum atomic E-state index is -0.471. The van der Waals surface area contributed by atoms with Crippen molar-refractivity contribution in [3.05, 3.63) is 46.8 Å². The summed E-state index contributed by atoms with van der Waals surface area (Å²) in [4.78, 5) is 16.9. The van der Waals surface area contributed by atoms with E-state index in [2.05, 4.69) is 15.6 Å². The van der Waals surface area contributed by atoms with Crippen LogP contribution in [0.1, 0.15) is 18.4 Å². The molecular formula is C19H20ClN3O3. The highest BCUT2D eigenvalue weighted by Crippen LogP contribution is 2.31. The topological polar surface area (TPSA) is 76.4 Å². The lowest BCUT2D eigenvalue weighted by Crippen LogP contribution is -2.32. The minimum absolute atomic E-state index is 0.193. The molecule has 2 aromatic carbocycles. The van der Waals surface area contributed by atoms with E-state index in [1.807, 2.05) is 25.1 Å². The van der Waals surface area contributed by atoms with Gasteiger partial charge in [-0.3, -0.25) is 4.79 Å². The molecule has 0 spiro atoms. The number of rotatable bonds is 5. The first-order valence-corrected chi connectivity index (χ1v) is 8.54. The molecule has 26 heavy (non-hydrogen) atoms. The van der Waals surface area contributed by atoms with E-state index in [0.717, 1.165) is 16.8 Å². The highest BCUT2D eigenvalue weighted by Gasteiger charge is 2.16. The Kier molecular flexibility index (Phi) is 5.04. The van der Waals surface area contributed by atoms with Crippen molar-refractivity contribution in [3.8, 4) is 5.75 Å². The summed E-state index contributed by atoms with van der Waals surface area (Å²) in [5.74, 6) is 0.926. The van der Waals surface area contributed by atoms with Crippen molar-refractivity contribution in [3.63, 3.8) is 0 Å². The van der Waals surface area contributed by atoms with Crippen LogP contribution in [0.4, 0.5) is 11.4 Å². The maximum atomic E-state index is 12.6. The number of nitrogens with one attached hydrogen (secondary N) is 2. The van der Waals surface area contributed by atoms with Gasteiger partial charge in [0, 0.05) is 23.7 Å². The lowest BCUT2D eigenvalue weighted by molar-refractivity contribution is -0.116. The fraction of sp³-hybridized carbons (Fsp3) is 0.263. The molecule has 1 amide bonds. The molecule has 7 heteroatoms. The number of halogens is 1. The largest absolute Gasteiger partial charge is 0.495 e. The van der Waals surface area contributed by atoms with Crippen LogP contribution in [-0.2, 0) is 4.79 Å². The van der Waals surface area contributed by atoms with E-state index in [1.165, 1.54) is 7.11 Å².